The van der Waals surface area contributed by atoms with Crippen molar-refractivity contribution in [2.45, 2.75) is 102 Å². The second kappa shape index (κ2) is 18.7. The number of benzene rings is 1. The van der Waals surface area contributed by atoms with Gasteiger partial charge in [0.2, 0.25) is 0 Å². The van der Waals surface area contributed by atoms with Gasteiger partial charge in [0.05, 0.1) is 12.0 Å². The average molecular weight is 475 g/mol. The molecule has 0 spiro atoms. The second-order valence-corrected chi connectivity index (χ2v) is 9.43. The van der Waals surface area contributed by atoms with Crippen LogP contribution in [0.1, 0.15) is 107 Å². The Kier molecular flexibility index (Phi) is 18.3. The van der Waals surface area contributed by atoms with Gasteiger partial charge >= 0.3 is 29.6 Å². The van der Waals surface area contributed by atoms with Crippen LogP contribution in [0.2, 0.25) is 0 Å². The first-order chi connectivity index (χ1) is 14.9. The van der Waals surface area contributed by atoms with E-state index in [4.69, 9.17) is 4.74 Å². The molecule has 0 saturated carbocycles. The van der Waals surface area contributed by atoms with Crippen LogP contribution in [-0.2, 0) is 10.1 Å². The first-order valence-electron chi connectivity index (χ1n) is 11.7. The molecule has 0 fully saturated rings. The van der Waals surface area contributed by atoms with Crippen LogP contribution in [0.15, 0.2) is 35.2 Å². The molecule has 0 radical (unpaired) electrons. The summed E-state index contributed by atoms with van der Waals surface area (Å²) in [5.74, 6) is -0.142. The van der Waals surface area contributed by atoms with Gasteiger partial charge in [0.25, 0.3) is 0 Å². The molecule has 0 heterocycles. The Morgan fingerprint density at radius 2 is 1.44 bits per heavy atom. The van der Waals surface area contributed by atoms with Crippen molar-refractivity contribution in [3.8, 4) is 5.75 Å². The van der Waals surface area contributed by atoms with Gasteiger partial charge in [-0.25, -0.2) is 8.42 Å². The summed E-state index contributed by atoms with van der Waals surface area (Å²) in [4.78, 5) is 11.9. The number of ketones is 1. The van der Waals surface area contributed by atoms with Crippen LogP contribution in [0.5, 0.6) is 5.75 Å². The Hall–Kier alpha value is -0.660. The van der Waals surface area contributed by atoms with Crippen molar-refractivity contribution >= 4 is 15.9 Å². The summed E-state index contributed by atoms with van der Waals surface area (Å²) in [6, 6.07) is 3.87. The molecular formula is C25H39NaO5S. The van der Waals surface area contributed by atoms with Crippen LogP contribution in [-0.4, -0.2) is 25.9 Å². The first-order valence-corrected chi connectivity index (χ1v) is 13.1. The zero-order valence-corrected chi connectivity index (χ0v) is 23.1. The van der Waals surface area contributed by atoms with E-state index in [1.807, 2.05) is 0 Å². The number of carbonyl (C=O) groups excluding carboxylic acids is 1. The van der Waals surface area contributed by atoms with Gasteiger partial charge in [-0.2, -0.15) is 0 Å². The fourth-order valence-electron chi connectivity index (χ4n) is 3.55. The third kappa shape index (κ3) is 13.8. The van der Waals surface area contributed by atoms with Crippen molar-refractivity contribution in [1.29, 1.82) is 0 Å². The first kappa shape index (κ1) is 31.3. The molecule has 7 heteroatoms. The number of rotatable bonds is 18. The predicted molar refractivity (Wildman–Crippen MR) is 125 cm³/mol. The van der Waals surface area contributed by atoms with E-state index in [0.29, 0.717) is 12.0 Å². The van der Waals surface area contributed by atoms with E-state index in [1.165, 1.54) is 77.0 Å². The molecule has 5 nitrogen and oxygen atoms in total. The van der Waals surface area contributed by atoms with Crippen LogP contribution in [0.3, 0.4) is 0 Å². The van der Waals surface area contributed by atoms with Crippen molar-refractivity contribution in [3.05, 3.63) is 35.9 Å². The second-order valence-electron chi connectivity index (χ2n) is 8.08. The van der Waals surface area contributed by atoms with E-state index in [0.717, 1.165) is 31.7 Å². The largest absolute Gasteiger partial charge is 1.00 e. The number of hydrogen-bond acceptors (Lipinski definition) is 5. The summed E-state index contributed by atoms with van der Waals surface area (Å²) >= 11 is 0. The van der Waals surface area contributed by atoms with Crippen molar-refractivity contribution in [2.24, 2.45) is 0 Å². The van der Waals surface area contributed by atoms with E-state index in [1.54, 1.807) is 0 Å². The van der Waals surface area contributed by atoms with Gasteiger partial charge in [-0.15, -0.1) is 0 Å². The molecule has 1 aromatic carbocycles. The number of ether oxygens (including phenoxy) is 1. The van der Waals surface area contributed by atoms with Crippen molar-refractivity contribution in [3.63, 3.8) is 0 Å². The zero-order chi connectivity index (χ0) is 23.0. The van der Waals surface area contributed by atoms with Crippen molar-refractivity contribution in [1.82, 2.24) is 0 Å². The number of hydrogen-bond donors (Lipinski definition) is 0. The molecule has 1 rings (SSSR count). The standard InChI is InChI=1S/C25H40O5S.Na/c1-3-4-5-6-7-8-9-10-11-12-13-14-15-16-17-18-23(26)22-19-20-25(31(27,28)29)24(21-22)30-2;/h10-11,19-21H,3-9,12-18H2,1-2H3,(H,27,28,29);/q;+1/p-1/b11-10-;. The van der Waals surface area contributed by atoms with E-state index < -0.39 is 15.0 Å². The van der Waals surface area contributed by atoms with Gasteiger partial charge < -0.3 is 9.29 Å². The topological polar surface area (TPSA) is 83.5 Å². The van der Waals surface area contributed by atoms with E-state index >= 15 is 0 Å². The SMILES string of the molecule is CCCCCCCC/C=C\CCCCCCCC(=O)c1ccc(S(=O)(=O)[O-])c(OC)c1.[Na+]. The fraction of sp³-hybridized carbons (Fsp3) is 0.640. The molecule has 0 aromatic heterocycles. The zero-order valence-electron chi connectivity index (χ0n) is 20.2. The average Bonchev–Trinajstić information content (AvgIpc) is 2.75. The molecule has 0 aliphatic rings. The number of allylic oxidation sites excluding steroid dienone is 2. The van der Waals surface area contributed by atoms with Gasteiger partial charge in [-0.05, 0) is 50.3 Å². The Morgan fingerprint density at radius 3 is 1.97 bits per heavy atom. The quantitative estimate of drug-likeness (QED) is 0.106. The maximum Gasteiger partial charge on any atom is 1.00 e. The summed E-state index contributed by atoms with van der Waals surface area (Å²) in [5, 5.41) is 0. The molecule has 0 aliphatic carbocycles. The Morgan fingerprint density at radius 1 is 0.906 bits per heavy atom. The van der Waals surface area contributed by atoms with Crippen LogP contribution in [0, 0.1) is 0 Å². The van der Waals surface area contributed by atoms with Crippen LogP contribution in [0.25, 0.3) is 0 Å². The Balaban J connectivity index is 0.00000961. The van der Waals surface area contributed by atoms with Crippen LogP contribution in [0.4, 0.5) is 0 Å². The van der Waals surface area contributed by atoms with Crippen LogP contribution >= 0.6 is 0 Å². The summed E-state index contributed by atoms with van der Waals surface area (Å²) in [6.45, 7) is 2.25. The maximum atomic E-state index is 12.3. The molecule has 0 unspecified atom stereocenters. The number of methoxy groups -OCH3 is 1. The van der Waals surface area contributed by atoms with Gasteiger partial charge in [-0.3, -0.25) is 4.79 Å². The predicted octanol–water partition coefficient (Wildman–Crippen LogP) is 3.82. The minimum Gasteiger partial charge on any atom is -0.744 e. The molecule has 176 valence electrons. The molecule has 0 atom stereocenters. The molecule has 0 saturated heterocycles. The third-order valence-corrected chi connectivity index (χ3v) is 6.30. The number of Topliss-reactive ketones (excluding diaryl/α,β-unsaturated/α-hetero) is 1. The fourth-order valence-corrected chi connectivity index (χ4v) is 4.17. The molecule has 32 heavy (non-hydrogen) atoms. The molecular weight excluding hydrogens is 435 g/mol. The minimum absolute atomic E-state index is 0. The van der Waals surface area contributed by atoms with Gasteiger partial charge in [0.1, 0.15) is 15.9 Å². The van der Waals surface area contributed by atoms with E-state index in [9.17, 15) is 17.8 Å². The van der Waals surface area contributed by atoms with Crippen LogP contribution < -0.4 is 34.3 Å². The Bertz CT molecular complexity index is 775. The molecule has 0 amide bonds. The molecule has 0 N–H and O–H groups in total. The van der Waals surface area contributed by atoms with Gasteiger partial charge in [-0.1, -0.05) is 70.4 Å². The summed E-state index contributed by atoms with van der Waals surface area (Å²) in [5.41, 5.74) is 0.375. The van der Waals surface area contributed by atoms with Gasteiger partial charge in [0.15, 0.2) is 5.78 Å². The van der Waals surface area contributed by atoms with Crippen molar-refractivity contribution < 1.29 is 52.1 Å². The van der Waals surface area contributed by atoms with Gasteiger partial charge in [0, 0.05) is 12.0 Å². The van der Waals surface area contributed by atoms with Crippen molar-refractivity contribution in [2.75, 3.05) is 7.11 Å². The molecule has 0 bridgehead atoms. The summed E-state index contributed by atoms with van der Waals surface area (Å²) in [7, 11) is -3.34. The minimum atomic E-state index is -4.62. The molecule has 1 aromatic rings. The maximum absolute atomic E-state index is 12.3. The monoisotopic (exact) mass is 474 g/mol. The summed E-state index contributed by atoms with van der Waals surface area (Å²) < 4.78 is 38.6. The van der Waals surface area contributed by atoms with E-state index in [-0.39, 0.29) is 41.1 Å². The smallest absolute Gasteiger partial charge is 0.744 e. The summed E-state index contributed by atoms with van der Waals surface area (Å²) in [6.07, 6.45) is 20.7. The third-order valence-electron chi connectivity index (χ3n) is 5.42. The normalized spacial score (nSPS) is 11.5. The molecule has 0 aliphatic heterocycles. The Labute approximate surface area is 217 Å². The number of unbranched alkanes of at least 4 members (excludes halogenated alkanes) is 11. The van der Waals surface area contributed by atoms with E-state index in [2.05, 4.69) is 19.1 Å². The number of carbonyl (C=O) groups is 1.